The van der Waals surface area contributed by atoms with Crippen LogP contribution in [0.1, 0.15) is 15.9 Å². The van der Waals surface area contributed by atoms with E-state index in [0.29, 0.717) is 17.0 Å². The number of carbonyl (C=O) groups is 1. The molecule has 0 aliphatic heterocycles. The summed E-state index contributed by atoms with van der Waals surface area (Å²) in [6, 6.07) is 24.2. The van der Waals surface area contributed by atoms with Crippen molar-refractivity contribution < 1.29 is 9.53 Å². The molecule has 0 fully saturated rings. The predicted octanol–water partition coefficient (Wildman–Crippen LogP) is 5.01. The molecule has 0 radical (unpaired) electrons. The van der Waals surface area contributed by atoms with Gasteiger partial charge in [0.25, 0.3) is 0 Å². The first-order valence-corrected chi connectivity index (χ1v) is 8.65. The predicted molar refractivity (Wildman–Crippen MR) is 108 cm³/mol. The maximum Gasteiger partial charge on any atom is 0.344 e. The number of aryl methyl sites for hydroxylation is 1. The Balaban J connectivity index is 1.79. The van der Waals surface area contributed by atoms with E-state index in [0.717, 1.165) is 22.2 Å². The number of benzene rings is 3. The maximum atomic E-state index is 12.9. The highest BCUT2D eigenvalue weighted by molar-refractivity contribution is 6.05. The van der Waals surface area contributed by atoms with Gasteiger partial charge in [-0.2, -0.15) is 0 Å². The van der Waals surface area contributed by atoms with E-state index >= 15 is 0 Å². The molecule has 0 spiro atoms. The van der Waals surface area contributed by atoms with Crippen molar-refractivity contribution in [2.75, 3.05) is 5.73 Å². The third kappa shape index (κ3) is 3.51. The standard InChI is InChI=1S/C23H18N2O2/c1-15-6-8-16(9-7-15)22-14-20(19-4-2-3-5-21(19)25-22)23(26)27-18-12-10-17(24)11-13-18/h2-14H,24H2,1H3. The third-order valence-electron chi connectivity index (χ3n) is 4.37. The average molecular weight is 354 g/mol. The molecular formula is C23H18N2O2. The molecule has 4 nitrogen and oxygen atoms in total. The monoisotopic (exact) mass is 354 g/mol. The van der Waals surface area contributed by atoms with Crippen LogP contribution < -0.4 is 10.5 Å². The van der Waals surface area contributed by atoms with Crippen molar-refractivity contribution in [1.82, 2.24) is 4.98 Å². The van der Waals surface area contributed by atoms with Crippen LogP contribution >= 0.6 is 0 Å². The van der Waals surface area contributed by atoms with E-state index in [1.54, 1.807) is 30.3 Å². The Morgan fingerprint density at radius 2 is 1.63 bits per heavy atom. The summed E-state index contributed by atoms with van der Waals surface area (Å²) in [5, 5.41) is 0.758. The number of rotatable bonds is 3. The van der Waals surface area contributed by atoms with E-state index in [2.05, 4.69) is 0 Å². The van der Waals surface area contributed by atoms with E-state index in [1.807, 2.05) is 55.5 Å². The van der Waals surface area contributed by atoms with Gasteiger partial charge in [-0.1, -0.05) is 48.0 Å². The average Bonchev–Trinajstić information content (AvgIpc) is 2.69. The molecule has 0 amide bonds. The van der Waals surface area contributed by atoms with Crippen LogP contribution in [0.25, 0.3) is 22.2 Å². The Hall–Kier alpha value is -3.66. The second-order valence-electron chi connectivity index (χ2n) is 6.40. The van der Waals surface area contributed by atoms with E-state index in [1.165, 1.54) is 5.56 Å². The molecular weight excluding hydrogens is 336 g/mol. The van der Waals surface area contributed by atoms with Crippen molar-refractivity contribution in [3.63, 3.8) is 0 Å². The molecule has 2 N–H and O–H groups in total. The molecule has 4 heteroatoms. The van der Waals surface area contributed by atoms with Crippen LogP contribution in [-0.4, -0.2) is 11.0 Å². The van der Waals surface area contributed by atoms with Gasteiger partial charge in [0.15, 0.2) is 0 Å². The minimum atomic E-state index is -0.424. The van der Waals surface area contributed by atoms with Gasteiger partial charge < -0.3 is 10.5 Å². The zero-order valence-corrected chi connectivity index (χ0v) is 14.8. The summed E-state index contributed by atoms with van der Waals surface area (Å²) in [5.74, 6) is 0.0266. The molecule has 0 aliphatic rings. The summed E-state index contributed by atoms with van der Waals surface area (Å²) in [6.45, 7) is 2.03. The molecule has 4 aromatic rings. The Bertz CT molecular complexity index is 1120. The van der Waals surface area contributed by atoms with Crippen LogP contribution in [0, 0.1) is 6.92 Å². The van der Waals surface area contributed by atoms with E-state index < -0.39 is 5.97 Å². The van der Waals surface area contributed by atoms with Crippen LogP contribution in [0.15, 0.2) is 78.9 Å². The van der Waals surface area contributed by atoms with Gasteiger partial charge >= 0.3 is 5.97 Å². The number of nitrogens with two attached hydrogens (primary N) is 1. The Labute approximate surface area is 157 Å². The molecule has 4 rings (SSSR count). The summed E-state index contributed by atoms with van der Waals surface area (Å²) in [6.07, 6.45) is 0. The molecule has 1 aromatic heterocycles. The van der Waals surface area contributed by atoms with Gasteiger partial charge in [0.1, 0.15) is 5.75 Å². The first-order valence-electron chi connectivity index (χ1n) is 8.65. The summed E-state index contributed by atoms with van der Waals surface area (Å²) < 4.78 is 5.55. The molecule has 27 heavy (non-hydrogen) atoms. The van der Waals surface area contributed by atoms with Gasteiger partial charge in [-0.15, -0.1) is 0 Å². The summed E-state index contributed by atoms with van der Waals surface area (Å²) in [4.78, 5) is 17.6. The topological polar surface area (TPSA) is 65.2 Å². The lowest BCUT2D eigenvalue weighted by Gasteiger charge is -2.10. The number of pyridine rings is 1. The molecule has 0 aliphatic carbocycles. The summed E-state index contributed by atoms with van der Waals surface area (Å²) in [5.41, 5.74) is 10.4. The SMILES string of the molecule is Cc1ccc(-c2cc(C(=O)Oc3ccc(N)cc3)c3ccccc3n2)cc1. The number of anilines is 1. The Morgan fingerprint density at radius 3 is 2.37 bits per heavy atom. The largest absolute Gasteiger partial charge is 0.423 e. The van der Waals surface area contributed by atoms with E-state index in [9.17, 15) is 4.79 Å². The number of nitrogen functional groups attached to an aromatic ring is 1. The van der Waals surface area contributed by atoms with Gasteiger partial charge in [-0.3, -0.25) is 0 Å². The minimum Gasteiger partial charge on any atom is -0.423 e. The molecule has 0 bridgehead atoms. The number of para-hydroxylation sites is 1. The van der Waals surface area contributed by atoms with Crippen LogP contribution in [0.4, 0.5) is 5.69 Å². The fourth-order valence-corrected chi connectivity index (χ4v) is 2.91. The molecule has 0 unspecified atom stereocenters. The number of hydrogen-bond acceptors (Lipinski definition) is 4. The number of fused-ring (bicyclic) bond motifs is 1. The van der Waals surface area contributed by atoms with E-state index in [4.69, 9.17) is 15.5 Å². The Morgan fingerprint density at radius 1 is 0.926 bits per heavy atom. The van der Waals surface area contributed by atoms with Gasteiger partial charge in [0, 0.05) is 16.6 Å². The highest BCUT2D eigenvalue weighted by atomic mass is 16.5. The van der Waals surface area contributed by atoms with Crippen molar-refractivity contribution in [3.8, 4) is 17.0 Å². The number of esters is 1. The fraction of sp³-hybridized carbons (Fsp3) is 0.0435. The number of nitrogens with zero attached hydrogens (tertiary/aromatic N) is 1. The second kappa shape index (κ2) is 6.92. The van der Waals surface area contributed by atoms with Crippen LogP contribution in [0.5, 0.6) is 5.75 Å². The molecule has 1 heterocycles. The minimum absolute atomic E-state index is 0.424. The van der Waals surface area contributed by atoms with Gasteiger partial charge in [-0.25, -0.2) is 9.78 Å². The second-order valence-corrected chi connectivity index (χ2v) is 6.40. The third-order valence-corrected chi connectivity index (χ3v) is 4.37. The lowest BCUT2D eigenvalue weighted by atomic mass is 10.0. The van der Waals surface area contributed by atoms with Crippen LogP contribution in [0.2, 0.25) is 0 Å². The zero-order valence-electron chi connectivity index (χ0n) is 14.8. The first-order chi connectivity index (χ1) is 13.1. The highest BCUT2D eigenvalue weighted by Crippen LogP contribution is 2.26. The first kappa shape index (κ1) is 16.8. The summed E-state index contributed by atoms with van der Waals surface area (Å²) >= 11 is 0. The van der Waals surface area contributed by atoms with Crippen molar-refractivity contribution in [1.29, 1.82) is 0 Å². The number of carbonyl (C=O) groups excluding carboxylic acids is 1. The number of aromatic nitrogens is 1. The molecule has 0 atom stereocenters. The lowest BCUT2D eigenvalue weighted by molar-refractivity contribution is 0.0737. The molecule has 0 saturated heterocycles. The fourth-order valence-electron chi connectivity index (χ4n) is 2.91. The van der Waals surface area contributed by atoms with Gasteiger partial charge in [0.2, 0.25) is 0 Å². The quantitative estimate of drug-likeness (QED) is 0.319. The lowest BCUT2D eigenvalue weighted by Crippen LogP contribution is -2.10. The van der Waals surface area contributed by atoms with Crippen molar-refractivity contribution >= 4 is 22.6 Å². The maximum absolute atomic E-state index is 12.9. The zero-order chi connectivity index (χ0) is 18.8. The highest BCUT2D eigenvalue weighted by Gasteiger charge is 2.16. The number of ether oxygens (including phenoxy) is 1. The van der Waals surface area contributed by atoms with E-state index in [-0.39, 0.29) is 0 Å². The van der Waals surface area contributed by atoms with Crippen LogP contribution in [0.3, 0.4) is 0 Å². The molecule has 0 saturated carbocycles. The van der Waals surface area contributed by atoms with Crippen molar-refractivity contribution in [3.05, 3.63) is 90.0 Å². The van der Waals surface area contributed by atoms with Gasteiger partial charge in [0.05, 0.1) is 16.8 Å². The smallest absolute Gasteiger partial charge is 0.344 e. The molecule has 3 aromatic carbocycles. The molecule has 132 valence electrons. The number of hydrogen-bond donors (Lipinski definition) is 1. The Kier molecular flexibility index (Phi) is 4.30. The summed E-state index contributed by atoms with van der Waals surface area (Å²) in [7, 11) is 0. The normalized spacial score (nSPS) is 10.7. The van der Waals surface area contributed by atoms with Gasteiger partial charge in [-0.05, 0) is 43.3 Å². The van der Waals surface area contributed by atoms with Crippen molar-refractivity contribution in [2.45, 2.75) is 6.92 Å². The van der Waals surface area contributed by atoms with Crippen LogP contribution in [-0.2, 0) is 0 Å². The van der Waals surface area contributed by atoms with Crippen molar-refractivity contribution in [2.24, 2.45) is 0 Å².